The zero-order valence-corrected chi connectivity index (χ0v) is 10.0. The summed E-state index contributed by atoms with van der Waals surface area (Å²) < 4.78 is 6.01. The van der Waals surface area contributed by atoms with Gasteiger partial charge in [0.1, 0.15) is 0 Å². The number of methoxy groups -OCH3 is 1. The molecule has 4 nitrogen and oxygen atoms in total. The lowest BCUT2D eigenvalue weighted by Crippen LogP contribution is -2.22. The minimum atomic E-state index is -0.390. The Morgan fingerprint density at radius 1 is 1.60 bits per heavy atom. The van der Waals surface area contributed by atoms with Crippen LogP contribution in [0.2, 0.25) is 0 Å². The topological polar surface area (TPSA) is 64.3 Å². The molecule has 0 bridgehead atoms. The lowest BCUT2D eigenvalue weighted by molar-refractivity contribution is -0.116. The predicted octanol–water partition coefficient (Wildman–Crippen LogP) is 1.49. The maximum atomic E-state index is 10.6. The molecule has 0 unspecified atom stereocenters. The molecule has 0 heterocycles. The van der Waals surface area contributed by atoms with E-state index in [1.165, 1.54) is 0 Å². The fraction of sp³-hybridized carbons (Fsp3) is 0.300. The number of halogens is 1. The van der Waals surface area contributed by atoms with E-state index in [2.05, 4.69) is 21.2 Å². The van der Waals surface area contributed by atoms with E-state index in [-0.39, 0.29) is 6.54 Å². The molecule has 0 aliphatic carbocycles. The van der Waals surface area contributed by atoms with Crippen molar-refractivity contribution in [3.8, 4) is 0 Å². The number of carbonyl (C=O) groups is 1. The van der Waals surface area contributed by atoms with Crippen LogP contribution in [0.3, 0.4) is 0 Å². The number of carbonyl (C=O) groups excluding carboxylic acids is 1. The van der Waals surface area contributed by atoms with Crippen molar-refractivity contribution in [2.45, 2.75) is 6.61 Å². The van der Waals surface area contributed by atoms with E-state index in [0.29, 0.717) is 6.61 Å². The number of amides is 1. The zero-order chi connectivity index (χ0) is 11.3. The largest absolute Gasteiger partial charge is 0.380 e. The lowest BCUT2D eigenvalue weighted by Gasteiger charge is -2.11. The third kappa shape index (κ3) is 3.53. The number of ether oxygens (including phenoxy) is 1. The molecule has 1 amide bonds. The number of nitrogens with one attached hydrogen (secondary N) is 1. The number of hydrogen-bond donors (Lipinski definition) is 2. The quantitative estimate of drug-likeness (QED) is 0.854. The molecular formula is C10H13BrN2O2. The highest BCUT2D eigenvalue weighted by atomic mass is 79.9. The van der Waals surface area contributed by atoms with Crippen molar-refractivity contribution < 1.29 is 9.53 Å². The van der Waals surface area contributed by atoms with Crippen molar-refractivity contribution in [1.29, 1.82) is 0 Å². The second-order valence-corrected chi connectivity index (χ2v) is 3.87. The Morgan fingerprint density at radius 3 is 2.93 bits per heavy atom. The molecule has 1 aromatic carbocycles. The molecule has 1 rings (SSSR count). The summed E-state index contributed by atoms with van der Waals surface area (Å²) in [5, 5.41) is 2.95. The Hall–Kier alpha value is -1.07. The molecule has 5 heteroatoms. The highest BCUT2D eigenvalue weighted by Gasteiger charge is 2.06. The fourth-order valence-corrected chi connectivity index (χ4v) is 1.68. The van der Waals surface area contributed by atoms with Gasteiger partial charge in [0, 0.05) is 22.8 Å². The van der Waals surface area contributed by atoms with Crippen LogP contribution in [0.5, 0.6) is 0 Å². The van der Waals surface area contributed by atoms with Crippen molar-refractivity contribution in [2.24, 2.45) is 5.73 Å². The smallest absolute Gasteiger partial charge is 0.236 e. The maximum Gasteiger partial charge on any atom is 0.236 e. The molecule has 0 aliphatic heterocycles. The van der Waals surface area contributed by atoms with E-state index in [1.54, 1.807) is 7.11 Å². The zero-order valence-electron chi connectivity index (χ0n) is 8.42. The van der Waals surface area contributed by atoms with Crippen LogP contribution < -0.4 is 11.1 Å². The van der Waals surface area contributed by atoms with Crippen molar-refractivity contribution in [3.05, 3.63) is 28.2 Å². The Labute approximate surface area is 96.9 Å². The average molecular weight is 273 g/mol. The second-order valence-electron chi connectivity index (χ2n) is 3.02. The molecule has 0 aliphatic rings. The van der Waals surface area contributed by atoms with Gasteiger partial charge in [-0.2, -0.15) is 0 Å². The summed E-state index contributed by atoms with van der Waals surface area (Å²) >= 11 is 3.42. The molecule has 0 radical (unpaired) electrons. The van der Waals surface area contributed by atoms with E-state index in [9.17, 15) is 4.79 Å². The lowest BCUT2D eigenvalue weighted by atomic mass is 10.2. The van der Waals surface area contributed by atoms with Crippen LogP contribution in [-0.2, 0) is 16.1 Å². The maximum absolute atomic E-state index is 10.6. The number of benzene rings is 1. The highest BCUT2D eigenvalue weighted by molar-refractivity contribution is 9.10. The summed E-state index contributed by atoms with van der Waals surface area (Å²) in [5.74, 6) is -0.390. The van der Waals surface area contributed by atoms with Gasteiger partial charge in [-0.25, -0.2) is 0 Å². The first-order valence-electron chi connectivity index (χ1n) is 4.43. The van der Waals surface area contributed by atoms with Gasteiger partial charge < -0.3 is 15.8 Å². The molecule has 0 atom stereocenters. The van der Waals surface area contributed by atoms with Gasteiger partial charge in [0.2, 0.25) is 5.91 Å². The standard InChI is InChI=1S/C10H13BrN2O2/c1-15-6-7-8(11)3-2-4-9(7)13-5-10(12)14/h2-4,13H,5-6H2,1H3,(H2,12,14). The van der Waals surface area contributed by atoms with E-state index in [1.807, 2.05) is 18.2 Å². The molecule has 0 fully saturated rings. The average Bonchev–Trinajstić information content (AvgIpc) is 2.19. The fourth-order valence-electron chi connectivity index (χ4n) is 1.20. The molecular weight excluding hydrogens is 260 g/mol. The minimum Gasteiger partial charge on any atom is -0.380 e. The molecule has 0 saturated heterocycles. The van der Waals surface area contributed by atoms with Crippen LogP contribution in [0.4, 0.5) is 5.69 Å². The van der Waals surface area contributed by atoms with Crippen LogP contribution in [0.25, 0.3) is 0 Å². The third-order valence-electron chi connectivity index (χ3n) is 1.86. The monoisotopic (exact) mass is 272 g/mol. The Balaban J connectivity index is 2.85. The van der Waals surface area contributed by atoms with Crippen LogP contribution in [0, 0.1) is 0 Å². The van der Waals surface area contributed by atoms with Gasteiger partial charge in [0.05, 0.1) is 13.2 Å². The minimum absolute atomic E-state index is 0.118. The van der Waals surface area contributed by atoms with Gasteiger partial charge in [-0.15, -0.1) is 0 Å². The first-order chi connectivity index (χ1) is 7.15. The van der Waals surface area contributed by atoms with Crippen LogP contribution in [0.15, 0.2) is 22.7 Å². The predicted molar refractivity (Wildman–Crippen MR) is 62.5 cm³/mol. The summed E-state index contributed by atoms with van der Waals surface area (Å²) in [7, 11) is 1.62. The molecule has 82 valence electrons. The Bertz CT molecular complexity index is 355. The van der Waals surface area contributed by atoms with Gasteiger partial charge in [0.15, 0.2) is 0 Å². The summed E-state index contributed by atoms with van der Waals surface area (Å²) in [4.78, 5) is 10.6. The van der Waals surface area contributed by atoms with Crippen molar-refractivity contribution in [3.63, 3.8) is 0 Å². The van der Waals surface area contributed by atoms with Crippen molar-refractivity contribution in [1.82, 2.24) is 0 Å². The molecule has 0 saturated carbocycles. The number of nitrogens with two attached hydrogens (primary N) is 1. The molecule has 15 heavy (non-hydrogen) atoms. The van der Waals surface area contributed by atoms with E-state index >= 15 is 0 Å². The number of rotatable bonds is 5. The number of hydrogen-bond acceptors (Lipinski definition) is 3. The number of primary amides is 1. The molecule has 0 spiro atoms. The second kappa shape index (κ2) is 5.72. The van der Waals surface area contributed by atoms with Gasteiger partial charge in [-0.3, -0.25) is 4.79 Å². The van der Waals surface area contributed by atoms with Gasteiger partial charge >= 0.3 is 0 Å². The summed E-state index contributed by atoms with van der Waals surface area (Å²) in [6, 6.07) is 5.68. The first kappa shape index (κ1) is 12.0. The van der Waals surface area contributed by atoms with E-state index in [0.717, 1.165) is 15.7 Å². The van der Waals surface area contributed by atoms with Crippen LogP contribution in [0.1, 0.15) is 5.56 Å². The van der Waals surface area contributed by atoms with Crippen molar-refractivity contribution >= 4 is 27.5 Å². The third-order valence-corrected chi connectivity index (χ3v) is 2.60. The molecule has 3 N–H and O–H groups in total. The van der Waals surface area contributed by atoms with Gasteiger partial charge in [-0.1, -0.05) is 22.0 Å². The Morgan fingerprint density at radius 2 is 2.33 bits per heavy atom. The first-order valence-corrected chi connectivity index (χ1v) is 5.23. The SMILES string of the molecule is COCc1c(Br)cccc1NCC(N)=O. The van der Waals surface area contributed by atoms with E-state index < -0.39 is 5.91 Å². The summed E-state index contributed by atoms with van der Waals surface area (Å²) in [6.07, 6.45) is 0. The number of anilines is 1. The van der Waals surface area contributed by atoms with E-state index in [4.69, 9.17) is 10.5 Å². The molecule has 1 aromatic rings. The Kier molecular flexibility index (Phi) is 4.58. The van der Waals surface area contributed by atoms with Crippen LogP contribution >= 0.6 is 15.9 Å². The molecule has 0 aromatic heterocycles. The normalized spacial score (nSPS) is 10.0. The van der Waals surface area contributed by atoms with Crippen LogP contribution in [-0.4, -0.2) is 19.6 Å². The van der Waals surface area contributed by atoms with Crippen molar-refractivity contribution in [2.75, 3.05) is 19.0 Å². The highest BCUT2D eigenvalue weighted by Crippen LogP contribution is 2.25. The van der Waals surface area contributed by atoms with Gasteiger partial charge in [-0.05, 0) is 12.1 Å². The van der Waals surface area contributed by atoms with Gasteiger partial charge in [0.25, 0.3) is 0 Å². The summed E-state index contributed by atoms with van der Waals surface area (Å²) in [6.45, 7) is 0.593. The summed E-state index contributed by atoms with van der Waals surface area (Å²) in [5.41, 5.74) is 6.88.